The first-order valence-electron chi connectivity index (χ1n) is 4.07. The van der Waals surface area contributed by atoms with E-state index >= 15 is 0 Å². The molecule has 0 aromatic carbocycles. The van der Waals surface area contributed by atoms with E-state index in [1.807, 2.05) is 0 Å². The van der Waals surface area contributed by atoms with Gasteiger partial charge in [0.1, 0.15) is 9.45 Å². The van der Waals surface area contributed by atoms with E-state index in [2.05, 4.69) is 14.5 Å². The van der Waals surface area contributed by atoms with Crippen LogP contribution in [0.25, 0.3) is 0 Å². The molecule has 0 unspecified atom stereocenters. The number of hydrogen-bond acceptors (Lipinski definition) is 5. The molecule has 0 aliphatic carbocycles. The zero-order valence-corrected chi connectivity index (χ0v) is 11.6. The molecule has 1 aromatic heterocycles. The SMILES string of the molecule is COc1cc(OC(F)(F)F)nc(I)c1S(N)(=O)=O. The number of ether oxygens (including phenoxy) is 2. The number of primary sulfonamides is 1. The molecule has 18 heavy (non-hydrogen) atoms. The molecule has 0 aliphatic rings. The highest BCUT2D eigenvalue weighted by Gasteiger charge is 2.33. The van der Waals surface area contributed by atoms with E-state index in [4.69, 9.17) is 5.14 Å². The average molecular weight is 398 g/mol. The molecule has 0 saturated heterocycles. The molecule has 0 saturated carbocycles. The fraction of sp³-hybridized carbons (Fsp3) is 0.286. The van der Waals surface area contributed by atoms with Crippen molar-refractivity contribution in [1.29, 1.82) is 0 Å². The second kappa shape index (κ2) is 5.05. The second-order valence-electron chi connectivity index (χ2n) is 2.88. The van der Waals surface area contributed by atoms with Crippen LogP contribution in [0.15, 0.2) is 11.0 Å². The Bertz CT molecular complexity index is 561. The van der Waals surface area contributed by atoms with Crippen molar-refractivity contribution in [3.05, 3.63) is 9.77 Å². The summed E-state index contributed by atoms with van der Waals surface area (Å²) >= 11 is 1.41. The van der Waals surface area contributed by atoms with Gasteiger partial charge in [0.25, 0.3) is 0 Å². The molecule has 1 heterocycles. The molecule has 0 bridgehead atoms. The van der Waals surface area contributed by atoms with Crippen LogP contribution in [0.5, 0.6) is 11.6 Å². The van der Waals surface area contributed by atoms with E-state index < -0.39 is 27.2 Å². The van der Waals surface area contributed by atoms with Gasteiger partial charge in [0.15, 0.2) is 4.90 Å². The van der Waals surface area contributed by atoms with Crippen LogP contribution >= 0.6 is 22.6 Å². The highest BCUT2D eigenvalue weighted by Crippen LogP contribution is 2.32. The molecule has 11 heteroatoms. The molecule has 0 amide bonds. The number of nitrogens with zero attached hydrogens (tertiary/aromatic N) is 1. The van der Waals surface area contributed by atoms with Gasteiger partial charge in [-0.3, -0.25) is 0 Å². The van der Waals surface area contributed by atoms with Gasteiger partial charge in [0.05, 0.1) is 7.11 Å². The summed E-state index contributed by atoms with van der Waals surface area (Å²) in [6.07, 6.45) is -4.94. The lowest BCUT2D eigenvalue weighted by molar-refractivity contribution is -0.276. The molecule has 0 fully saturated rings. The summed E-state index contributed by atoms with van der Waals surface area (Å²) in [5, 5.41) is 4.90. The van der Waals surface area contributed by atoms with Gasteiger partial charge >= 0.3 is 6.36 Å². The number of alkyl halides is 3. The van der Waals surface area contributed by atoms with Crippen LogP contribution in [-0.2, 0) is 10.0 Å². The summed E-state index contributed by atoms with van der Waals surface area (Å²) in [4.78, 5) is 2.84. The van der Waals surface area contributed by atoms with Gasteiger partial charge in [-0.1, -0.05) is 0 Å². The molecule has 102 valence electrons. The summed E-state index contributed by atoms with van der Waals surface area (Å²) in [5.41, 5.74) is 0. The third kappa shape index (κ3) is 3.84. The first-order valence-corrected chi connectivity index (χ1v) is 6.70. The second-order valence-corrected chi connectivity index (χ2v) is 5.40. The maximum Gasteiger partial charge on any atom is 0.574 e. The van der Waals surface area contributed by atoms with Crippen molar-refractivity contribution in [3.8, 4) is 11.6 Å². The fourth-order valence-corrected chi connectivity index (χ4v) is 3.17. The van der Waals surface area contributed by atoms with Crippen molar-refractivity contribution in [2.75, 3.05) is 7.11 Å². The predicted molar refractivity (Wildman–Crippen MR) is 61.6 cm³/mol. The van der Waals surface area contributed by atoms with Crippen LogP contribution in [0.4, 0.5) is 13.2 Å². The standard InChI is InChI=1S/C7H6F3IN2O4S/c1-16-3-2-4(17-7(8,9)10)13-6(11)5(3)18(12,14)15/h2H,1H3,(H2,12,14,15). The Labute approximate surface area is 113 Å². The van der Waals surface area contributed by atoms with Gasteiger partial charge in [-0.05, 0) is 22.6 Å². The molecule has 0 atom stereocenters. The average Bonchev–Trinajstić information content (AvgIpc) is 2.11. The minimum absolute atomic E-state index is 0.284. The summed E-state index contributed by atoms with van der Waals surface area (Å²) < 4.78 is 66.4. The molecular formula is C7H6F3IN2O4S. The normalized spacial score (nSPS) is 12.3. The van der Waals surface area contributed by atoms with Gasteiger partial charge in [-0.15, -0.1) is 13.2 Å². The van der Waals surface area contributed by atoms with Crippen molar-refractivity contribution >= 4 is 32.6 Å². The number of sulfonamides is 1. The lowest BCUT2D eigenvalue weighted by atomic mass is 10.4. The molecule has 1 aromatic rings. The lowest BCUT2D eigenvalue weighted by Gasteiger charge is -2.12. The van der Waals surface area contributed by atoms with Crippen molar-refractivity contribution in [2.45, 2.75) is 11.3 Å². The van der Waals surface area contributed by atoms with E-state index in [-0.39, 0.29) is 9.45 Å². The monoisotopic (exact) mass is 398 g/mol. The predicted octanol–water partition coefficient (Wildman–Crippen LogP) is 1.24. The minimum atomic E-state index is -4.94. The quantitative estimate of drug-likeness (QED) is 0.611. The molecular weight excluding hydrogens is 392 g/mol. The topological polar surface area (TPSA) is 91.5 Å². The number of nitrogens with two attached hydrogens (primary N) is 1. The van der Waals surface area contributed by atoms with Crippen LogP contribution in [-0.4, -0.2) is 26.9 Å². The molecule has 0 spiro atoms. The van der Waals surface area contributed by atoms with Gasteiger partial charge in [0, 0.05) is 6.07 Å². The zero-order valence-electron chi connectivity index (χ0n) is 8.66. The Balaban J connectivity index is 3.37. The van der Waals surface area contributed by atoms with Gasteiger partial charge in [-0.2, -0.15) is 0 Å². The van der Waals surface area contributed by atoms with Crippen molar-refractivity contribution in [3.63, 3.8) is 0 Å². The smallest absolute Gasteiger partial charge is 0.495 e. The van der Waals surface area contributed by atoms with E-state index in [9.17, 15) is 21.6 Å². The van der Waals surface area contributed by atoms with E-state index in [0.717, 1.165) is 7.11 Å². The summed E-state index contributed by atoms with van der Waals surface area (Å²) in [5.74, 6) is -1.22. The third-order valence-corrected chi connectivity index (χ3v) is 3.71. The summed E-state index contributed by atoms with van der Waals surface area (Å²) in [7, 11) is -3.09. The number of pyridine rings is 1. The zero-order chi connectivity index (χ0) is 14.1. The Morgan fingerprint density at radius 1 is 1.44 bits per heavy atom. The molecule has 0 aliphatic heterocycles. The Kier molecular flexibility index (Phi) is 4.27. The van der Waals surface area contributed by atoms with E-state index in [1.165, 1.54) is 22.6 Å². The summed E-state index contributed by atoms with van der Waals surface area (Å²) in [6.45, 7) is 0. The molecule has 6 nitrogen and oxygen atoms in total. The molecule has 2 N–H and O–H groups in total. The van der Waals surface area contributed by atoms with Crippen LogP contribution in [0.1, 0.15) is 0 Å². The highest BCUT2D eigenvalue weighted by atomic mass is 127. The lowest BCUT2D eigenvalue weighted by Crippen LogP contribution is -2.20. The Morgan fingerprint density at radius 2 is 2.00 bits per heavy atom. The number of methoxy groups -OCH3 is 1. The number of halogens is 4. The molecule has 0 radical (unpaired) electrons. The Morgan fingerprint density at radius 3 is 2.39 bits per heavy atom. The fourth-order valence-electron chi connectivity index (χ4n) is 1.04. The highest BCUT2D eigenvalue weighted by molar-refractivity contribution is 14.1. The van der Waals surface area contributed by atoms with Crippen molar-refractivity contribution in [1.82, 2.24) is 4.98 Å². The number of hydrogen-bond donors (Lipinski definition) is 1. The van der Waals surface area contributed by atoms with Crippen molar-refractivity contribution in [2.24, 2.45) is 5.14 Å². The maximum atomic E-state index is 12.0. The maximum absolute atomic E-state index is 12.0. The first-order chi connectivity index (χ1) is 8.04. The van der Waals surface area contributed by atoms with Gasteiger partial charge in [-0.25, -0.2) is 18.5 Å². The van der Waals surface area contributed by atoms with Crippen LogP contribution in [0.2, 0.25) is 0 Å². The third-order valence-electron chi connectivity index (χ3n) is 1.60. The van der Waals surface area contributed by atoms with E-state index in [0.29, 0.717) is 6.07 Å². The minimum Gasteiger partial charge on any atom is -0.495 e. The number of aromatic nitrogens is 1. The van der Waals surface area contributed by atoms with Gasteiger partial charge in [0.2, 0.25) is 15.9 Å². The van der Waals surface area contributed by atoms with Crippen LogP contribution < -0.4 is 14.6 Å². The van der Waals surface area contributed by atoms with Crippen LogP contribution in [0.3, 0.4) is 0 Å². The Hall–Kier alpha value is -0.820. The van der Waals surface area contributed by atoms with Gasteiger partial charge < -0.3 is 9.47 Å². The summed E-state index contributed by atoms with van der Waals surface area (Å²) in [6, 6.07) is 0.690. The van der Waals surface area contributed by atoms with Crippen molar-refractivity contribution < 1.29 is 31.1 Å². The van der Waals surface area contributed by atoms with E-state index in [1.54, 1.807) is 0 Å². The van der Waals surface area contributed by atoms with Crippen LogP contribution in [0, 0.1) is 3.70 Å². The largest absolute Gasteiger partial charge is 0.574 e. The molecule has 1 rings (SSSR count). The first kappa shape index (κ1) is 15.2. The number of rotatable bonds is 3.